The van der Waals surface area contributed by atoms with Crippen molar-refractivity contribution in [1.29, 1.82) is 0 Å². The summed E-state index contributed by atoms with van der Waals surface area (Å²) < 4.78 is 10.9. The van der Waals surface area contributed by atoms with Crippen LogP contribution in [0.2, 0.25) is 0 Å². The van der Waals surface area contributed by atoms with Gasteiger partial charge in [-0.25, -0.2) is 0 Å². The first-order chi connectivity index (χ1) is 20.7. The third-order valence-electron chi connectivity index (χ3n) is 9.00. The molecule has 0 aromatic rings. The molecule has 0 fully saturated rings. The van der Waals surface area contributed by atoms with E-state index in [2.05, 4.69) is 41.5 Å². The maximum Gasteiger partial charge on any atom is 0.305 e. The summed E-state index contributed by atoms with van der Waals surface area (Å²) in [4.78, 5) is 24.0. The topological polar surface area (TPSA) is 52.6 Å². The number of ether oxygens (including phenoxy) is 2. The highest BCUT2D eigenvalue weighted by Crippen LogP contribution is 2.25. The van der Waals surface area contributed by atoms with Crippen LogP contribution in [-0.2, 0) is 19.1 Å². The van der Waals surface area contributed by atoms with Crippen LogP contribution in [0.1, 0.15) is 202 Å². The van der Waals surface area contributed by atoms with Crippen molar-refractivity contribution in [3.8, 4) is 0 Å². The van der Waals surface area contributed by atoms with E-state index in [1.165, 1.54) is 116 Å². The fraction of sp³-hybridized carbons (Fsp3) is 0.949. The van der Waals surface area contributed by atoms with Gasteiger partial charge < -0.3 is 9.47 Å². The fourth-order valence-electron chi connectivity index (χ4n) is 5.91. The zero-order valence-electron chi connectivity index (χ0n) is 30.0. The van der Waals surface area contributed by atoms with E-state index in [4.69, 9.17) is 9.47 Å². The Labute approximate surface area is 269 Å². The van der Waals surface area contributed by atoms with Gasteiger partial charge in [0.2, 0.25) is 0 Å². The van der Waals surface area contributed by atoms with Gasteiger partial charge in [0.15, 0.2) is 0 Å². The Morgan fingerprint density at radius 2 is 0.744 bits per heavy atom. The number of hydrogen-bond donors (Lipinski definition) is 0. The average molecular weight is 609 g/mol. The molecule has 0 aromatic carbocycles. The lowest BCUT2D eigenvalue weighted by Gasteiger charge is -2.20. The molecule has 0 rings (SSSR count). The number of carbonyl (C=O) groups excluding carboxylic acids is 2. The summed E-state index contributed by atoms with van der Waals surface area (Å²) in [5, 5.41) is 0. The number of hydrogen-bond acceptors (Lipinski definition) is 4. The Hall–Kier alpha value is -1.06. The quantitative estimate of drug-likeness (QED) is 0.0563. The van der Waals surface area contributed by atoms with Crippen LogP contribution in [0.25, 0.3) is 0 Å². The molecular formula is C39H76O4. The van der Waals surface area contributed by atoms with E-state index >= 15 is 0 Å². The van der Waals surface area contributed by atoms with Gasteiger partial charge in [0.25, 0.3) is 0 Å². The summed E-state index contributed by atoms with van der Waals surface area (Å²) in [6.45, 7) is 14.9. The van der Waals surface area contributed by atoms with E-state index in [-0.39, 0.29) is 11.9 Å². The lowest BCUT2D eigenvalue weighted by Crippen LogP contribution is -2.13. The minimum atomic E-state index is -0.000869. The van der Waals surface area contributed by atoms with Crippen LogP contribution < -0.4 is 0 Å². The molecule has 4 nitrogen and oxygen atoms in total. The monoisotopic (exact) mass is 609 g/mol. The number of esters is 2. The predicted octanol–water partition coefficient (Wildman–Crippen LogP) is 12.4. The van der Waals surface area contributed by atoms with Crippen LogP contribution in [0.15, 0.2) is 0 Å². The first-order valence-electron chi connectivity index (χ1n) is 19.0. The second kappa shape index (κ2) is 30.9. The van der Waals surface area contributed by atoms with Gasteiger partial charge in [0, 0.05) is 12.8 Å². The Morgan fingerprint density at radius 3 is 1.16 bits per heavy atom. The van der Waals surface area contributed by atoms with Crippen LogP contribution in [0.5, 0.6) is 0 Å². The Balaban J connectivity index is 3.49. The maximum absolute atomic E-state index is 12.2. The Bertz CT molecular complexity index is 612. The first-order valence-corrected chi connectivity index (χ1v) is 19.0. The zero-order valence-corrected chi connectivity index (χ0v) is 30.0. The molecule has 4 heteroatoms. The van der Waals surface area contributed by atoms with Crippen molar-refractivity contribution in [2.24, 2.45) is 23.7 Å². The summed E-state index contributed by atoms with van der Waals surface area (Å²) in [7, 11) is 0. The van der Waals surface area contributed by atoms with E-state index in [0.29, 0.717) is 37.9 Å². The smallest absolute Gasteiger partial charge is 0.305 e. The highest BCUT2D eigenvalue weighted by Gasteiger charge is 2.15. The van der Waals surface area contributed by atoms with Crippen LogP contribution in [0.3, 0.4) is 0 Å². The Morgan fingerprint density at radius 1 is 0.395 bits per heavy atom. The molecule has 1 atom stereocenters. The maximum atomic E-state index is 12.2. The van der Waals surface area contributed by atoms with E-state index in [0.717, 1.165) is 43.9 Å². The van der Waals surface area contributed by atoms with Gasteiger partial charge in [-0.1, -0.05) is 164 Å². The largest absolute Gasteiger partial charge is 0.466 e. The summed E-state index contributed by atoms with van der Waals surface area (Å²) in [5.74, 6) is 2.82. The van der Waals surface area contributed by atoms with Crippen molar-refractivity contribution >= 4 is 11.9 Å². The molecule has 0 aliphatic heterocycles. The van der Waals surface area contributed by atoms with Crippen molar-refractivity contribution in [2.75, 3.05) is 13.2 Å². The molecule has 0 N–H and O–H groups in total. The van der Waals surface area contributed by atoms with E-state index in [1.54, 1.807) is 0 Å². The standard InChI is InChI=1S/C39H76O4/c1-34(2)26-20-18-24-32-42-38(40)29-23-17-15-13-11-9-7-8-10-12-14-16-22-28-37(36(5)6)30-31-39(41)43-33-25-19-21-27-35(3)4/h34-37H,7-33H2,1-6H3. The van der Waals surface area contributed by atoms with Crippen LogP contribution in [0.4, 0.5) is 0 Å². The van der Waals surface area contributed by atoms with E-state index < -0.39 is 0 Å². The SMILES string of the molecule is CC(C)CCCCCOC(=O)CCCCCCCCCCCCCCCC(CCC(=O)OCCCCCC(C)C)C(C)C. The number of rotatable bonds is 32. The minimum absolute atomic E-state index is 0.000869. The van der Waals surface area contributed by atoms with Crippen molar-refractivity contribution in [3.05, 3.63) is 0 Å². The van der Waals surface area contributed by atoms with Gasteiger partial charge in [-0.2, -0.15) is 0 Å². The van der Waals surface area contributed by atoms with Gasteiger partial charge in [-0.3, -0.25) is 9.59 Å². The normalized spacial score (nSPS) is 12.4. The molecule has 0 radical (unpaired) electrons. The van der Waals surface area contributed by atoms with Crippen molar-refractivity contribution < 1.29 is 19.1 Å². The van der Waals surface area contributed by atoms with Gasteiger partial charge in [0.05, 0.1) is 13.2 Å². The van der Waals surface area contributed by atoms with Gasteiger partial charge in [-0.05, 0) is 49.4 Å². The van der Waals surface area contributed by atoms with Crippen molar-refractivity contribution in [3.63, 3.8) is 0 Å². The van der Waals surface area contributed by atoms with E-state index in [9.17, 15) is 9.59 Å². The minimum Gasteiger partial charge on any atom is -0.466 e. The predicted molar refractivity (Wildman–Crippen MR) is 185 cm³/mol. The molecule has 43 heavy (non-hydrogen) atoms. The van der Waals surface area contributed by atoms with Crippen molar-refractivity contribution in [1.82, 2.24) is 0 Å². The first kappa shape index (κ1) is 41.9. The molecule has 0 saturated carbocycles. The van der Waals surface area contributed by atoms with Crippen LogP contribution in [0, 0.1) is 23.7 Å². The fourth-order valence-corrected chi connectivity index (χ4v) is 5.91. The zero-order chi connectivity index (χ0) is 32.0. The average Bonchev–Trinajstić information content (AvgIpc) is 2.95. The lowest BCUT2D eigenvalue weighted by molar-refractivity contribution is -0.145. The second-order valence-corrected chi connectivity index (χ2v) is 14.6. The third-order valence-corrected chi connectivity index (χ3v) is 9.00. The molecular weight excluding hydrogens is 532 g/mol. The second-order valence-electron chi connectivity index (χ2n) is 14.6. The van der Waals surface area contributed by atoms with Gasteiger partial charge >= 0.3 is 11.9 Å². The van der Waals surface area contributed by atoms with Gasteiger partial charge in [-0.15, -0.1) is 0 Å². The number of unbranched alkanes of at least 4 members (excludes halogenated alkanes) is 16. The summed E-state index contributed by atoms with van der Waals surface area (Å²) >= 11 is 0. The molecule has 256 valence electrons. The molecule has 0 amide bonds. The highest BCUT2D eigenvalue weighted by atomic mass is 16.5. The summed E-state index contributed by atoms with van der Waals surface area (Å²) in [5.41, 5.74) is 0. The molecule has 0 saturated heterocycles. The van der Waals surface area contributed by atoms with Crippen LogP contribution >= 0.6 is 0 Å². The summed E-state index contributed by atoms with van der Waals surface area (Å²) in [6.07, 6.45) is 29.6. The molecule has 0 heterocycles. The van der Waals surface area contributed by atoms with E-state index in [1.807, 2.05) is 0 Å². The third kappa shape index (κ3) is 32.2. The summed E-state index contributed by atoms with van der Waals surface area (Å²) in [6, 6.07) is 0. The van der Waals surface area contributed by atoms with Crippen molar-refractivity contribution in [2.45, 2.75) is 202 Å². The molecule has 0 spiro atoms. The molecule has 0 aromatic heterocycles. The number of carbonyl (C=O) groups is 2. The Kier molecular flexibility index (Phi) is 30.2. The van der Waals surface area contributed by atoms with Gasteiger partial charge in [0.1, 0.15) is 0 Å². The molecule has 0 aliphatic rings. The lowest BCUT2D eigenvalue weighted by atomic mass is 9.86. The molecule has 0 aliphatic carbocycles. The molecule has 0 bridgehead atoms. The molecule has 1 unspecified atom stereocenters. The van der Waals surface area contributed by atoms with Crippen LogP contribution in [-0.4, -0.2) is 25.2 Å². The highest BCUT2D eigenvalue weighted by molar-refractivity contribution is 5.69.